The van der Waals surface area contributed by atoms with Crippen molar-refractivity contribution >= 4 is 17.1 Å². The van der Waals surface area contributed by atoms with Gasteiger partial charge in [0.25, 0.3) is 0 Å². The number of fused-ring (bicyclic) bond motifs is 2. The van der Waals surface area contributed by atoms with E-state index in [0.29, 0.717) is 41.7 Å². The first-order chi connectivity index (χ1) is 12.2. The van der Waals surface area contributed by atoms with Crippen molar-refractivity contribution in [1.82, 2.24) is 4.98 Å². The van der Waals surface area contributed by atoms with Crippen molar-refractivity contribution in [3.63, 3.8) is 0 Å². The fourth-order valence-electron chi connectivity index (χ4n) is 2.63. The van der Waals surface area contributed by atoms with E-state index in [1.807, 2.05) is 24.3 Å². The van der Waals surface area contributed by atoms with E-state index in [1.54, 1.807) is 25.1 Å². The molecule has 3 aromatic rings. The van der Waals surface area contributed by atoms with Gasteiger partial charge in [0.15, 0.2) is 23.2 Å². The molecule has 4 rings (SSSR count). The van der Waals surface area contributed by atoms with E-state index in [2.05, 4.69) is 4.98 Å². The lowest BCUT2D eigenvalue weighted by atomic mass is 10.2. The monoisotopic (exact) mass is 339 g/mol. The topological polar surface area (TPSA) is 70.8 Å². The number of para-hydroxylation sites is 2. The van der Waals surface area contributed by atoms with Crippen molar-refractivity contribution in [2.24, 2.45) is 0 Å². The van der Waals surface area contributed by atoms with Crippen LogP contribution in [0.15, 0.2) is 46.9 Å². The van der Waals surface area contributed by atoms with Gasteiger partial charge in [0.2, 0.25) is 5.89 Å². The molecule has 0 unspecified atom stereocenters. The van der Waals surface area contributed by atoms with Crippen LogP contribution in [-0.2, 0) is 4.74 Å². The number of nitrogens with zero attached hydrogens (tertiary/aromatic N) is 1. The summed E-state index contributed by atoms with van der Waals surface area (Å²) in [6.45, 7) is 2.89. The fraction of sp³-hybridized carbons (Fsp3) is 0.263. The van der Waals surface area contributed by atoms with Gasteiger partial charge in [0, 0.05) is 6.42 Å². The number of hydrogen-bond donors (Lipinski definition) is 0. The molecule has 0 N–H and O–H groups in total. The van der Waals surface area contributed by atoms with Crippen molar-refractivity contribution in [3.8, 4) is 11.5 Å². The average molecular weight is 339 g/mol. The molecule has 2 aromatic carbocycles. The summed E-state index contributed by atoms with van der Waals surface area (Å²) < 4.78 is 22.3. The second kappa shape index (κ2) is 6.47. The quantitative estimate of drug-likeness (QED) is 0.674. The number of carbonyl (C=O) groups is 1. The maximum atomic E-state index is 12.4. The molecular weight excluding hydrogens is 322 g/mol. The zero-order valence-electron chi connectivity index (χ0n) is 13.7. The van der Waals surface area contributed by atoms with Crippen LogP contribution in [0.2, 0.25) is 0 Å². The zero-order valence-corrected chi connectivity index (χ0v) is 13.7. The number of esters is 1. The van der Waals surface area contributed by atoms with Gasteiger partial charge in [0.1, 0.15) is 5.52 Å². The highest BCUT2D eigenvalue weighted by Crippen LogP contribution is 2.31. The van der Waals surface area contributed by atoms with Gasteiger partial charge in [0.05, 0.1) is 18.8 Å². The van der Waals surface area contributed by atoms with Crippen LogP contribution in [0.1, 0.15) is 35.7 Å². The molecule has 0 amide bonds. The van der Waals surface area contributed by atoms with E-state index in [0.717, 1.165) is 11.9 Å². The third kappa shape index (κ3) is 3.15. The number of ether oxygens (including phenoxy) is 3. The summed E-state index contributed by atoms with van der Waals surface area (Å²) in [6.07, 6.45) is 0.208. The lowest BCUT2D eigenvalue weighted by Crippen LogP contribution is -2.10. The molecule has 0 radical (unpaired) electrons. The summed E-state index contributed by atoms with van der Waals surface area (Å²) >= 11 is 0. The Labute approximate surface area is 144 Å². The minimum absolute atomic E-state index is 0.365. The Balaban J connectivity index is 1.52. The Morgan fingerprint density at radius 2 is 1.92 bits per heavy atom. The molecule has 1 atom stereocenters. The molecule has 1 aliphatic heterocycles. The molecule has 6 heteroatoms. The van der Waals surface area contributed by atoms with Gasteiger partial charge in [-0.3, -0.25) is 0 Å². The van der Waals surface area contributed by atoms with Crippen molar-refractivity contribution in [3.05, 3.63) is 53.9 Å². The predicted molar refractivity (Wildman–Crippen MR) is 89.9 cm³/mol. The first-order valence-corrected chi connectivity index (χ1v) is 8.17. The first-order valence-electron chi connectivity index (χ1n) is 8.17. The number of aromatic nitrogens is 1. The van der Waals surface area contributed by atoms with E-state index in [-0.39, 0.29) is 0 Å². The van der Waals surface area contributed by atoms with Gasteiger partial charge in [-0.1, -0.05) is 12.1 Å². The van der Waals surface area contributed by atoms with Crippen molar-refractivity contribution < 1.29 is 23.4 Å². The third-order valence-corrected chi connectivity index (χ3v) is 3.93. The van der Waals surface area contributed by atoms with Crippen molar-refractivity contribution in [2.45, 2.75) is 19.4 Å². The summed E-state index contributed by atoms with van der Waals surface area (Å²) in [5.41, 5.74) is 1.79. The number of hydrogen-bond acceptors (Lipinski definition) is 6. The minimum Gasteiger partial charge on any atom is -0.490 e. The van der Waals surface area contributed by atoms with E-state index >= 15 is 0 Å². The van der Waals surface area contributed by atoms with Crippen LogP contribution < -0.4 is 9.47 Å². The molecule has 0 aliphatic carbocycles. The largest absolute Gasteiger partial charge is 0.490 e. The SMILES string of the molecule is C[C@H](OC(=O)c1ccc2c(c1)OCCCO2)c1nc2ccccc2o1. The van der Waals surface area contributed by atoms with E-state index in [4.69, 9.17) is 18.6 Å². The van der Waals surface area contributed by atoms with E-state index in [9.17, 15) is 4.79 Å². The van der Waals surface area contributed by atoms with Crippen LogP contribution in [-0.4, -0.2) is 24.2 Å². The molecule has 0 spiro atoms. The van der Waals surface area contributed by atoms with E-state index < -0.39 is 12.1 Å². The molecule has 0 bridgehead atoms. The Bertz CT molecular complexity index is 884. The maximum absolute atomic E-state index is 12.4. The summed E-state index contributed by atoms with van der Waals surface area (Å²) in [4.78, 5) is 16.8. The van der Waals surface area contributed by atoms with Crippen LogP contribution in [0.3, 0.4) is 0 Å². The molecule has 2 heterocycles. The fourth-order valence-corrected chi connectivity index (χ4v) is 2.63. The summed E-state index contributed by atoms with van der Waals surface area (Å²) in [5.74, 6) is 1.09. The molecule has 0 saturated carbocycles. The molecule has 1 aliphatic rings. The first kappa shape index (κ1) is 15.5. The molecule has 128 valence electrons. The zero-order chi connectivity index (χ0) is 17.2. The third-order valence-electron chi connectivity index (χ3n) is 3.93. The summed E-state index contributed by atoms with van der Waals surface area (Å²) in [6, 6.07) is 12.4. The standard InChI is InChI=1S/C19H17NO5/c1-12(18-20-14-5-2-3-6-15(14)25-18)24-19(21)13-7-8-16-17(11-13)23-10-4-9-22-16/h2-3,5-8,11-12H,4,9-10H2,1H3/t12-/m0/s1. The summed E-state index contributed by atoms with van der Waals surface area (Å²) in [7, 11) is 0. The highest BCUT2D eigenvalue weighted by molar-refractivity contribution is 5.90. The van der Waals surface area contributed by atoms with Crippen LogP contribution in [0.5, 0.6) is 11.5 Å². The van der Waals surface area contributed by atoms with Crippen molar-refractivity contribution in [2.75, 3.05) is 13.2 Å². The van der Waals surface area contributed by atoms with Crippen LogP contribution >= 0.6 is 0 Å². The number of benzene rings is 2. The molecule has 6 nitrogen and oxygen atoms in total. The molecule has 1 aromatic heterocycles. The highest BCUT2D eigenvalue weighted by atomic mass is 16.6. The number of rotatable bonds is 3. The van der Waals surface area contributed by atoms with Gasteiger partial charge >= 0.3 is 5.97 Å². The Hall–Kier alpha value is -3.02. The second-order valence-electron chi connectivity index (χ2n) is 5.78. The number of carbonyl (C=O) groups excluding carboxylic acids is 1. The Kier molecular flexibility index (Phi) is 4.01. The molecule has 25 heavy (non-hydrogen) atoms. The second-order valence-corrected chi connectivity index (χ2v) is 5.78. The van der Waals surface area contributed by atoms with Gasteiger partial charge in [-0.15, -0.1) is 0 Å². The van der Waals surface area contributed by atoms with Gasteiger partial charge in [-0.2, -0.15) is 0 Å². The Morgan fingerprint density at radius 1 is 1.12 bits per heavy atom. The van der Waals surface area contributed by atoms with Gasteiger partial charge in [-0.05, 0) is 37.3 Å². The van der Waals surface area contributed by atoms with Crippen molar-refractivity contribution in [1.29, 1.82) is 0 Å². The van der Waals surface area contributed by atoms with Gasteiger partial charge < -0.3 is 18.6 Å². The highest BCUT2D eigenvalue weighted by Gasteiger charge is 2.20. The normalized spacial score (nSPS) is 14.8. The number of oxazole rings is 1. The molecule has 0 fully saturated rings. The minimum atomic E-state index is -0.601. The summed E-state index contributed by atoms with van der Waals surface area (Å²) in [5, 5.41) is 0. The van der Waals surface area contributed by atoms with Crippen LogP contribution in [0.25, 0.3) is 11.1 Å². The maximum Gasteiger partial charge on any atom is 0.339 e. The Morgan fingerprint density at radius 3 is 2.76 bits per heavy atom. The molecule has 0 saturated heterocycles. The van der Waals surface area contributed by atoms with E-state index in [1.165, 1.54) is 0 Å². The van der Waals surface area contributed by atoms with Crippen LogP contribution in [0, 0.1) is 0 Å². The molecular formula is C19H17NO5. The van der Waals surface area contributed by atoms with Gasteiger partial charge in [-0.25, -0.2) is 9.78 Å². The smallest absolute Gasteiger partial charge is 0.339 e. The predicted octanol–water partition coefficient (Wildman–Crippen LogP) is 3.91. The lowest BCUT2D eigenvalue weighted by molar-refractivity contribution is 0.0282. The average Bonchev–Trinajstić information content (AvgIpc) is 2.92. The lowest BCUT2D eigenvalue weighted by Gasteiger charge is -2.12. The van der Waals surface area contributed by atoms with Crippen LogP contribution in [0.4, 0.5) is 0 Å².